The van der Waals surface area contributed by atoms with Gasteiger partial charge in [0.25, 0.3) is 0 Å². The smallest absolute Gasteiger partial charge is 0.339 e. The lowest BCUT2D eigenvalue weighted by atomic mass is 10.2. The molecule has 5 aromatic rings. The van der Waals surface area contributed by atoms with Crippen LogP contribution in [-0.2, 0) is 0 Å². The summed E-state index contributed by atoms with van der Waals surface area (Å²) in [6.45, 7) is 0. The van der Waals surface area contributed by atoms with Crippen LogP contribution in [0.25, 0.3) is 27.3 Å². The SMILES string of the molecule is O=C(O)c1cccn2c(-c3ccc(Nc4nc5ccccc5s4)cn3)cnc12. The van der Waals surface area contributed by atoms with Gasteiger partial charge in [-0.1, -0.05) is 23.5 Å². The zero-order valence-electron chi connectivity index (χ0n) is 14.4. The highest BCUT2D eigenvalue weighted by atomic mass is 32.1. The van der Waals surface area contributed by atoms with Gasteiger partial charge in [0.15, 0.2) is 10.8 Å². The van der Waals surface area contributed by atoms with E-state index >= 15 is 0 Å². The minimum atomic E-state index is -1.01. The maximum absolute atomic E-state index is 11.4. The summed E-state index contributed by atoms with van der Waals surface area (Å²) in [6, 6.07) is 15.0. The second-order valence-corrected chi connectivity index (χ2v) is 7.14. The first-order chi connectivity index (χ1) is 13.7. The number of benzene rings is 1. The molecule has 8 heteroatoms. The number of nitrogens with zero attached hydrogens (tertiary/aromatic N) is 4. The van der Waals surface area contributed by atoms with E-state index in [0.717, 1.165) is 26.7 Å². The van der Waals surface area contributed by atoms with Crippen molar-refractivity contribution in [2.24, 2.45) is 0 Å². The van der Waals surface area contributed by atoms with Crippen molar-refractivity contribution in [3.8, 4) is 11.4 Å². The van der Waals surface area contributed by atoms with Gasteiger partial charge in [-0.05, 0) is 36.4 Å². The minimum Gasteiger partial charge on any atom is -0.478 e. The largest absolute Gasteiger partial charge is 0.478 e. The Balaban J connectivity index is 1.46. The molecule has 0 radical (unpaired) electrons. The number of anilines is 2. The summed E-state index contributed by atoms with van der Waals surface area (Å²) in [7, 11) is 0. The summed E-state index contributed by atoms with van der Waals surface area (Å²) in [5.74, 6) is -1.01. The average Bonchev–Trinajstić information content (AvgIpc) is 3.31. The molecule has 0 saturated heterocycles. The number of imidazole rings is 1. The van der Waals surface area contributed by atoms with E-state index in [-0.39, 0.29) is 5.56 Å². The first-order valence-corrected chi connectivity index (χ1v) is 9.29. The lowest BCUT2D eigenvalue weighted by Gasteiger charge is -2.05. The molecule has 5 rings (SSSR count). The molecule has 0 aliphatic heterocycles. The van der Waals surface area contributed by atoms with Crippen LogP contribution in [0.3, 0.4) is 0 Å². The quantitative estimate of drug-likeness (QED) is 0.473. The summed E-state index contributed by atoms with van der Waals surface area (Å²) >= 11 is 1.58. The minimum absolute atomic E-state index is 0.155. The number of thiazole rings is 1. The van der Waals surface area contributed by atoms with Crippen LogP contribution in [0.5, 0.6) is 0 Å². The zero-order chi connectivity index (χ0) is 19.1. The van der Waals surface area contributed by atoms with Crippen molar-refractivity contribution in [3.63, 3.8) is 0 Å². The van der Waals surface area contributed by atoms with Crippen molar-refractivity contribution in [1.29, 1.82) is 0 Å². The topological polar surface area (TPSA) is 92.4 Å². The molecule has 0 saturated carbocycles. The van der Waals surface area contributed by atoms with Crippen molar-refractivity contribution in [3.05, 3.63) is 72.7 Å². The van der Waals surface area contributed by atoms with Gasteiger partial charge in [0.2, 0.25) is 0 Å². The molecule has 4 heterocycles. The monoisotopic (exact) mass is 387 g/mol. The summed E-state index contributed by atoms with van der Waals surface area (Å²) < 4.78 is 2.85. The fourth-order valence-corrected chi connectivity index (χ4v) is 3.92. The van der Waals surface area contributed by atoms with Gasteiger partial charge in [-0.2, -0.15) is 0 Å². The van der Waals surface area contributed by atoms with Gasteiger partial charge in [-0.25, -0.2) is 14.8 Å². The molecule has 0 spiro atoms. The summed E-state index contributed by atoms with van der Waals surface area (Å²) in [5, 5.41) is 13.4. The Morgan fingerprint density at radius 2 is 1.93 bits per heavy atom. The molecule has 0 bridgehead atoms. The highest BCUT2D eigenvalue weighted by Gasteiger charge is 2.14. The lowest BCUT2D eigenvalue weighted by Crippen LogP contribution is -2.01. The molecule has 28 heavy (non-hydrogen) atoms. The highest BCUT2D eigenvalue weighted by molar-refractivity contribution is 7.22. The molecule has 2 N–H and O–H groups in total. The Labute approximate surface area is 163 Å². The van der Waals surface area contributed by atoms with Crippen LogP contribution in [0, 0.1) is 0 Å². The second kappa shape index (κ2) is 6.43. The number of aromatic carboxylic acids is 1. The molecule has 0 atom stereocenters. The van der Waals surface area contributed by atoms with Crippen molar-refractivity contribution >= 4 is 44.0 Å². The molecule has 0 aliphatic rings. The van der Waals surface area contributed by atoms with Crippen LogP contribution >= 0.6 is 11.3 Å². The van der Waals surface area contributed by atoms with Gasteiger partial charge in [0.1, 0.15) is 5.56 Å². The number of rotatable bonds is 4. The van der Waals surface area contributed by atoms with E-state index < -0.39 is 5.97 Å². The van der Waals surface area contributed by atoms with Gasteiger partial charge in [-0.15, -0.1) is 0 Å². The van der Waals surface area contributed by atoms with Crippen LogP contribution in [-0.4, -0.2) is 30.4 Å². The van der Waals surface area contributed by atoms with Gasteiger partial charge < -0.3 is 10.4 Å². The van der Waals surface area contributed by atoms with Crippen molar-refractivity contribution in [1.82, 2.24) is 19.4 Å². The molecule has 0 aliphatic carbocycles. The van der Waals surface area contributed by atoms with Gasteiger partial charge in [0, 0.05) is 6.20 Å². The number of carboxylic acids is 1. The molecule has 7 nitrogen and oxygen atoms in total. The molecular formula is C20H13N5O2S. The molecule has 0 fully saturated rings. The Kier molecular flexibility index (Phi) is 3.77. The van der Waals surface area contributed by atoms with E-state index in [1.165, 1.54) is 6.07 Å². The molecular weight excluding hydrogens is 374 g/mol. The van der Waals surface area contributed by atoms with Crippen LogP contribution in [0.2, 0.25) is 0 Å². The van der Waals surface area contributed by atoms with Gasteiger partial charge in [0.05, 0.1) is 39.7 Å². The zero-order valence-corrected chi connectivity index (χ0v) is 15.2. The number of para-hydroxylation sites is 1. The van der Waals surface area contributed by atoms with Crippen LogP contribution in [0.1, 0.15) is 10.4 Å². The first kappa shape index (κ1) is 16.4. The maximum Gasteiger partial charge on any atom is 0.339 e. The van der Waals surface area contributed by atoms with Gasteiger partial charge >= 0.3 is 5.97 Å². The number of fused-ring (bicyclic) bond motifs is 2. The normalized spacial score (nSPS) is 11.1. The van der Waals surface area contributed by atoms with Crippen molar-refractivity contribution in [2.45, 2.75) is 0 Å². The number of carbonyl (C=O) groups is 1. The summed E-state index contributed by atoms with van der Waals surface area (Å²) in [5.41, 5.74) is 3.75. The fraction of sp³-hybridized carbons (Fsp3) is 0. The maximum atomic E-state index is 11.4. The number of pyridine rings is 2. The highest BCUT2D eigenvalue weighted by Crippen LogP contribution is 2.28. The van der Waals surface area contributed by atoms with E-state index in [4.69, 9.17) is 0 Å². The third-order valence-electron chi connectivity index (χ3n) is 4.34. The van der Waals surface area contributed by atoms with Crippen molar-refractivity contribution < 1.29 is 9.90 Å². The standard InChI is InChI=1S/C20H13N5O2S/c26-19(27)13-4-3-9-25-16(11-22-18(13)25)14-8-7-12(10-21-14)23-20-24-15-5-1-2-6-17(15)28-20/h1-11H,(H,23,24)(H,26,27). The fourth-order valence-electron chi connectivity index (χ4n) is 3.04. The predicted octanol–water partition coefficient (Wildman–Crippen LogP) is 4.45. The molecule has 0 amide bonds. The Morgan fingerprint density at radius 1 is 1.04 bits per heavy atom. The number of hydrogen-bond donors (Lipinski definition) is 2. The van der Waals surface area contributed by atoms with E-state index in [9.17, 15) is 9.90 Å². The van der Waals surface area contributed by atoms with E-state index in [1.807, 2.05) is 36.4 Å². The van der Waals surface area contributed by atoms with Crippen LogP contribution in [0.4, 0.5) is 10.8 Å². The second-order valence-electron chi connectivity index (χ2n) is 6.11. The molecule has 136 valence electrons. The summed E-state index contributed by atoms with van der Waals surface area (Å²) in [4.78, 5) is 24.7. The number of carboxylic acid groups (broad SMARTS) is 1. The third kappa shape index (κ3) is 2.76. The van der Waals surface area contributed by atoms with E-state index in [0.29, 0.717) is 11.3 Å². The molecule has 4 aromatic heterocycles. The number of hydrogen-bond acceptors (Lipinski definition) is 6. The van der Waals surface area contributed by atoms with Crippen LogP contribution in [0.15, 0.2) is 67.1 Å². The Bertz CT molecular complexity index is 1290. The molecule has 0 unspecified atom stereocenters. The molecule has 1 aromatic carbocycles. The van der Waals surface area contributed by atoms with E-state index in [2.05, 4.69) is 20.3 Å². The average molecular weight is 387 g/mol. The number of aromatic nitrogens is 4. The van der Waals surface area contributed by atoms with E-state index in [1.54, 1.807) is 40.4 Å². The third-order valence-corrected chi connectivity index (χ3v) is 5.29. The Hall–Kier alpha value is -3.78. The van der Waals surface area contributed by atoms with Gasteiger partial charge in [-0.3, -0.25) is 9.38 Å². The van der Waals surface area contributed by atoms with Crippen LogP contribution < -0.4 is 5.32 Å². The number of nitrogens with one attached hydrogen (secondary N) is 1. The summed E-state index contributed by atoms with van der Waals surface area (Å²) in [6.07, 6.45) is 5.13. The predicted molar refractivity (Wildman–Crippen MR) is 108 cm³/mol. The Morgan fingerprint density at radius 3 is 2.71 bits per heavy atom. The first-order valence-electron chi connectivity index (χ1n) is 8.47. The van der Waals surface area contributed by atoms with Crippen molar-refractivity contribution in [2.75, 3.05) is 5.32 Å². The lowest BCUT2D eigenvalue weighted by molar-refractivity contribution is 0.0698.